The predicted molar refractivity (Wildman–Crippen MR) is 89.6 cm³/mol. The summed E-state index contributed by atoms with van der Waals surface area (Å²) in [6.07, 6.45) is 2.27. The van der Waals surface area contributed by atoms with Crippen molar-refractivity contribution in [1.82, 2.24) is 10.3 Å². The second-order valence-electron chi connectivity index (χ2n) is 5.45. The zero-order chi connectivity index (χ0) is 15.2. The first kappa shape index (κ1) is 15.6. The van der Waals surface area contributed by atoms with Crippen molar-refractivity contribution in [3.63, 3.8) is 0 Å². The molecule has 7 heteroatoms. The number of aromatic nitrogens is 1. The molecule has 1 unspecified atom stereocenters. The van der Waals surface area contributed by atoms with Gasteiger partial charge in [-0.15, -0.1) is 0 Å². The van der Waals surface area contributed by atoms with Crippen LogP contribution in [0.15, 0.2) is 18.3 Å². The van der Waals surface area contributed by atoms with E-state index in [2.05, 4.69) is 20.5 Å². The highest BCUT2D eigenvalue weighted by Crippen LogP contribution is 2.24. The predicted octanol–water partition coefficient (Wildman–Crippen LogP) is 0.952. The van der Waals surface area contributed by atoms with E-state index in [1.807, 2.05) is 23.9 Å². The van der Waals surface area contributed by atoms with Gasteiger partial charge in [-0.3, -0.25) is 4.79 Å². The fraction of sp³-hybridized carbons (Fsp3) is 0.600. The van der Waals surface area contributed by atoms with Crippen LogP contribution in [0.4, 0.5) is 11.5 Å². The Hall–Kier alpha value is -1.31. The smallest absolute Gasteiger partial charge is 0.226 e. The maximum absolute atomic E-state index is 12.3. The van der Waals surface area contributed by atoms with Crippen LogP contribution in [0.3, 0.4) is 0 Å². The van der Waals surface area contributed by atoms with Crippen LogP contribution in [0.1, 0.15) is 6.42 Å². The molecule has 1 atom stereocenters. The van der Waals surface area contributed by atoms with Crippen molar-refractivity contribution in [2.75, 3.05) is 54.6 Å². The summed E-state index contributed by atoms with van der Waals surface area (Å²) in [6, 6.07) is 4.04. The van der Waals surface area contributed by atoms with Crippen LogP contribution in [-0.2, 0) is 9.53 Å². The van der Waals surface area contributed by atoms with Crippen LogP contribution in [0.5, 0.6) is 0 Å². The number of rotatable bonds is 4. The lowest BCUT2D eigenvalue weighted by atomic mass is 10.2. The fourth-order valence-corrected chi connectivity index (χ4v) is 3.65. The maximum Gasteiger partial charge on any atom is 0.226 e. The Kier molecular flexibility index (Phi) is 5.53. The van der Waals surface area contributed by atoms with E-state index in [9.17, 15) is 4.79 Å². The van der Waals surface area contributed by atoms with Crippen molar-refractivity contribution >= 4 is 29.2 Å². The molecule has 0 radical (unpaired) electrons. The Labute approximate surface area is 135 Å². The Morgan fingerprint density at radius 2 is 2.36 bits per heavy atom. The summed E-state index contributed by atoms with van der Waals surface area (Å²) in [5, 5.41) is 6.41. The third-order valence-electron chi connectivity index (χ3n) is 3.80. The van der Waals surface area contributed by atoms with Gasteiger partial charge in [0.15, 0.2) is 5.82 Å². The van der Waals surface area contributed by atoms with Gasteiger partial charge in [0.25, 0.3) is 0 Å². The minimum Gasteiger partial charge on any atom is -0.378 e. The summed E-state index contributed by atoms with van der Waals surface area (Å²) >= 11 is 1.90. The lowest BCUT2D eigenvalue weighted by Crippen LogP contribution is -2.40. The van der Waals surface area contributed by atoms with Crippen molar-refractivity contribution < 1.29 is 9.53 Å². The molecule has 1 aromatic rings. The van der Waals surface area contributed by atoms with E-state index < -0.39 is 0 Å². The highest BCUT2D eigenvalue weighted by molar-refractivity contribution is 7.99. The van der Waals surface area contributed by atoms with Crippen molar-refractivity contribution in [2.45, 2.75) is 12.5 Å². The Bertz CT molecular complexity index is 502. The number of anilines is 2. The molecular formula is C15H22N4O2S. The summed E-state index contributed by atoms with van der Waals surface area (Å²) in [4.78, 5) is 18.9. The standard InChI is InChI=1S/C15H22N4O2S/c20-14(10-12-11-22-9-4-16-12)18-13-2-1-3-17-15(13)19-5-7-21-8-6-19/h1-3,12,16H,4-11H2,(H,18,20). The van der Waals surface area contributed by atoms with Gasteiger partial charge in [0.1, 0.15) is 0 Å². The SMILES string of the molecule is O=C(CC1CSCCN1)Nc1cccnc1N1CCOCC1. The minimum atomic E-state index is 0.0440. The number of hydrogen-bond acceptors (Lipinski definition) is 6. The number of pyridine rings is 1. The van der Waals surface area contributed by atoms with E-state index >= 15 is 0 Å². The number of ether oxygens (including phenoxy) is 1. The number of nitrogens with zero attached hydrogens (tertiary/aromatic N) is 2. The van der Waals surface area contributed by atoms with E-state index in [1.165, 1.54) is 0 Å². The highest BCUT2D eigenvalue weighted by Gasteiger charge is 2.20. The second kappa shape index (κ2) is 7.80. The number of morpholine rings is 1. The van der Waals surface area contributed by atoms with Crippen LogP contribution in [0.25, 0.3) is 0 Å². The van der Waals surface area contributed by atoms with E-state index in [0.29, 0.717) is 19.6 Å². The van der Waals surface area contributed by atoms with Crippen molar-refractivity contribution in [3.8, 4) is 0 Å². The molecule has 0 aliphatic carbocycles. The molecule has 6 nitrogen and oxygen atoms in total. The van der Waals surface area contributed by atoms with Gasteiger partial charge >= 0.3 is 0 Å². The molecular weight excluding hydrogens is 300 g/mol. The first-order valence-electron chi connectivity index (χ1n) is 7.71. The molecule has 3 heterocycles. The molecule has 0 aromatic carbocycles. The molecule has 120 valence electrons. The van der Waals surface area contributed by atoms with Crippen molar-refractivity contribution in [1.29, 1.82) is 0 Å². The quantitative estimate of drug-likeness (QED) is 0.860. The van der Waals surface area contributed by atoms with Gasteiger partial charge in [-0.25, -0.2) is 4.98 Å². The molecule has 2 saturated heterocycles. The summed E-state index contributed by atoms with van der Waals surface area (Å²) < 4.78 is 5.38. The summed E-state index contributed by atoms with van der Waals surface area (Å²) in [6.45, 7) is 4.00. The van der Waals surface area contributed by atoms with Gasteiger partial charge in [0.2, 0.25) is 5.91 Å². The molecule has 2 aliphatic heterocycles. The summed E-state index contributed by atoms with van der Waals surface area (Å²) in [5.74, 6) is 3.01. The molecule has 1 aromatic heterocycles. The zero-order valence-corrected chi connectivity index (χ0v) is 13.4. The van der Waals surface area contributed by atoms with Crippen molar-refractivity contribution in [2.24, 2.45) is 0 Å². The van der Waals surface area contributed by atoms with Gasteiger partial charge in [-0.1, -0.05) is 0 Å². The monoisotopic (exact) mass is 322 g/mol. The van der Waals surface area contributed by atoms with Gasteiger partial charge < -0.3 is 20.3 Å². The molecule has 1 amide bonds. The number of carbonyl (C=O) groups is 1. The number of thioether (sulfide) groups is 1. The molecule has 2 N–H and O–H groups in total. The number of amides is 1. The molecule has 3 rings (SSSR count). The third kappa shape index (κ3) is 4.12. The van der Waals surface area contributed by atoms with E-state index in [-0.39, 0.29) is 11.9 Å². The van der Waals surface area contributed by atoms with E-state index in [4.69, 9.17) is 4.74 Å². The summed E-state index contributed by atoms with van der Waals surface area (Å²) in [7, 11) is 0. The van der Waals surface area contributed by atoms with E-state index in [0.717, 1.165) is 42.6 Å². The number of carbonyl (C=O) groups excluding carboxylic acids is 1. The van der Waals surface area contributed by atoms with Crippen LogP contribution in [-0.4, -0.2) is 61.3 Å². The lowest BCUT2D eigenvalue weighted by Gasteiger charge is -2.29. The lowest BCUT2D eigenvalue weighted by molar-refractivity contribution is -0.116. The first-order chi connectivity index (χ1) is 10.8. The Balaban J connectivity index is 1.62. The fourth-order valence-electron chi connectivity index (χ4n) is 2.70. The largest absolute Gasteiger partial charge is 0.378 e. The molecule has 0 spiro atoms. The average Bonchev–Trinajstić information content (AvgIpc) is 2.57. The Morgan fingerprint density at radius 3 is 3.14 bits per heavy atom. The van der Waals surface area contributed by atoms with Gasteiger partial charge in [-0.05, 0) is 12.1 Å². The number of hydrogen-bond donors (Lipinski definition) is 2. The summed E-state index contributed by atoms with van der Waals surface area (Å²) in [5.41, 5.74) is 0.790. The van der Waals surface area contributed by atoms with Crippen LogP contribution < -0.4 is 15.5 Å². The van der Waals surface area contributed by atoms with Gasteiger partial charge in [0, 0.05) is 49.8 Å². The maximum atomic E-state index is 12.3. The third-order valence-corrected chi connectivity index (χ3v) is 4.93. The average molecular weight is 322 g/mol. The molecule has 2 fully saturated rings. The molecule has 22 heavy (non-hydrogen) atoms. The molecule has 2 aliphatic rings. The van der Waals surface area contributed by atoms with Crippen LogP contribution in [0.2, 0.25) is 0 Å². The topological polar surface area (TPSA) is 66.5 Å². The van der Waals surface area contributed by atoms with Crippen molar-refractivity contribution in [3.05, 3.63) is 18.3 Å². The first-order valence-corrected chi connectivity index (χ1v) is 8.87. The van der Waals surface area contributed by atoms with Crippen LogP contribution in [0, 0.1) is 0 Å². The highest BCUT2D eigenvalue weighted by atomic mass is 32.2. The molecule has 0 bridgehead atoms. The normalized spacial score (nSPS) is 22.4. The Morgan fingerprint density at radius 1 is 1.50 bits per heavy atom. The van der Waals surface area contributed by atoms with Gasteiger partial charge in [-0.2, -0.15) is 11.8 Å². The van der Waals surface area contributed by atoms with E-state index in [1.54, 1.807) is 6.20 Å². The minimum absolute atomic E-state index is 0.0440. The molecule has 0 saturated carbocycles. The van der Waals surface area contributed by atoms with Crippen LogP contribution >= 0.6 is 11.8 Å². The van der Waals surface area contributed by atoms with Gasteiger partial charge in [0.05, 0.1) is 18.9 Å². The second-order valence-corrected chi connectivity index (χ2v) is 6.60. The zero-order valence-electron chi connectivity index (χ0n) is 12.6. The number of nitrogens with one attached hydrogen (secondary N) is 2.